The Balaban J connectivity index is 1.08. The number of thiophene rings is 1. The Hall–Kier alpha value is -7.41. The third-order valence-electron chi connectivity index (χ3n) is 11.2. The molecule has 0 atom stereocenters. The first kappa shape index (κ1) is 31.9. The summed E-state index contributed by atoms with van der Waals surface area (Å²) < 4.78 is 7.42. The summed E-state index contributed by atoms with van der Waals surface area (Å²) in [6.07, 6.45) is 0. The summed E-state index contributed by atoms with van der Waals surface area (Å²) >= 11 is 1.85. The summed E-state index contributed by atoms with van der Waals surface area (Å²) in [6.45, 7) is 0. The van der Waals surface area contributed by atoms with E-state index in [1.807, 2.05) is 72.0 Å². The highest BCUT2D eigenvalue weighted by molar-refractivity contribution is 7.26. The molecule has 0 aliphatic rings. The molecular weight excluding hydrogens is 715 g/mol. The van der Waals surface area contributed by atoms with Crippen molar-refractivity contribution in [3.05, 3.63) is 188 Å². The summed E-state index contributed by atoms with van der Waals surface area (Å²) in [5, 5.41) is 7.51. The van der Waals surface area contributed by atoms with E-state index < -0.39 is 0 Å². The number of nitrogens with zero attached hydrogens (tertiary/aromatic N) is 5. The molecule has 0 radical (unpaired) electrons. The Morgan fingerprint density at radius 2 is 0.842 bits per heavy atom. The summed E-state index contributed by atoms with van der Waals surface area (Å²) in [5.74, 6) is 1.94. The number of rotatable bonds is 5. The van der Waals surface area contributed by atoms with Gasteiger partial charge in [-0.05, 0) is 66.7 Å². The first-order chi connectivity index (χ1) is 28.3. The zero-order valence-corrected chi connectivity index (χ0v) is 31.4. The van der Waals surface area contributed by atoms with Gasteiger partial charge in [-0.2, -0.15) is 0 Å². The number of aromatic nitrogens is 5. The van der Waals surface area contributed by atoms with Gasteiger partial charge in [0, 0.05) is 69.8 Å². The van der Waals surface area contributed by atoms with Crippen LogP contribution in [0.1, 0.15) is 0 Å². The minimum absolute atomic E-state index is 0.638. The molecule has 12 aromatic rings. The highest BCUT2D eigenvalue weighted by Crippen LogP contribution is 2.44. The molecule has 6 heteroatoms. The first-order valence-electron chi connectivity index (χ1n) is 19.1. The average Bonchev–Trinajstić information content (AvgIpc) is 3.94. The van der Waals surface area contributed by atoms with Crippen LogP contribution in [0.4, 0.5) is 0 Å². The molecule has 4 aromatic heterocycles. The van der Waals surface area contributed by atoms with Gasteiger partial charge in [0.15, 0.2) is 17.5 Å². The van der Waals surface area contributed by atoms with Crippen LogP contribution in [0.15, 0.2) is 188 Å². The van der Waals surface area contributed by atoms with Crippen molar-refractivity contribution in [1.29, 1.82) is 0 Å². The van der Waals surface area contributed by atoms with Crippen molar-refractivity contribution in [3.8, 4) is 45.5 Å². The first-order valence-corrected chi connectivity index (χ1v) is 19.9. The summed E-state index contributed by atoms with van der Waals surface area (Å²) in [6, 6.07) is 66.7. The van der Waals surface area contributed by atoms with Crippen LogP contribution in [-0.4, -0.2) is 24.1 Å². The van der Waals surface area contributed by atoms with Crippen LogP contribution in [-0.2, 0) is 0 Å². The minimum atomic E-state index is 0.638. The van der Waals surface area contributed by atoms with Crippen LogP contribution < -0.4 is 0 Å². The standard InChI is InChI=1S/C51H31N5S/c1-3-13-32(14-4-1)49-52-50(33-15-5-2-6-16-33)54-51(53-49)34-23-25-35(26-24-34)56-44-29-27-36(55-42-20-10-7-17-37(42)38-18-8-11-21-43(38)55)31-41(44)39-28-30-46-47(48(39)56)40-19-9-12-22-45(40)57-46/h1-31H. The van der Waals surface area contributed by atoms with Crippen LogP contribution >= 0.6 is 11.3 Å². The van der Waals surface area contributed by atoms with E-state index >= 15 is 0 Å². The third-order valence-corrected chi connectivity index (χ3v) is 12.3. The van der Waals surface area contributed by atoms with E-state index in [1.165, 1.54) is 58.3 Å². The molecule has 57 heavy (non-hydrogen) atoms. The van der Waals surface area contributed by atoms with Crippen LogP contribution in [0.3, 0.4) is 0 Å². The zero-order chi connectivity index (χ0) is 37.5. The minimum Gasteiger partial charge on any atom is -0.309 e. The molecule has 0 bridgehead atoms. The van der Waals surface area contributed by atoms with Crippen molar-refractivity contribution in [2.75, 3.05) is 0 Å². The molecule has 266 valence electrons. The lowest BCUT2D eigenvalue weighted by Gasteiger charge is -2.12. The number of hydrogen-bond acceptors (Lipinski definition) is 4. The summed E-state index contributed by atoms with van der Waals surface area (Å²) in [7, 11) is 0. The van der Waals surface area contributed by atoms with Gasteiger partial charge in [0.25, 0.3) is 0 Å². The Kier molecular flexibility index (Phi) is 7.03. The third kappa shape index (κ3) is 4.98. The van der Waals surface area contributed by atoms with Gasteiger partial charge in [0.2, 0.25) is 0 Å². The fraction of sp³-hybridized carbons (Fsp3) is 0. The largest absolute Gasteiger partial charge is 0.309 e. The van der Waals surface area contributed by atoms with Crippen LogP contribution in [0, 0.1) is 0 Å². The lowest BCUT2D eigenvalue weighted by Crippen LogP contribution is -2.00. The van der Waals surface area contributed by atoms with Gasteiger partial charge in [-0.3, -0.25) is 0 Å². The van der Waals surface area contributed by atoms with E-state index in [0.717, 1.165) is 33.6 Å². The Bertz CT molecular complexity index is 3400. The fourth-order valence-corrected chi connectivity index (χ4v) is 9.72. The van der Waals surface area contributed by atoms with Gasteiger partial charge >= 0.3 is 0 Å². The zero-order valence-electron chi connectivity index (χ0n) is 30.5. The lowest BCUT2D eigenvalue weighted by atomic mass is 10.1. The average molecular weight is 746 g/mol. The van der Waals surface area contributed by atoms with E-state index in [9.17, 15) is 0 Å². The number of hydrogen-bond donors (Lipinski definition) is 0. The number of para-hydroxylation sites is 2. The smallest absolute Gasteiger partial charge is 0.164 e. The van der Waals surface area contributed by atoms with Gasteiger partial charge in [0.1, 0.15) is 0 Å². The maximum Gasteiger partial charge on any atom is 0.164 e. The quantitative estimate of drug-likeness (QED) is 0.176. The molecule has 0 unspecified atom stereocenters. The van der Waals surface area contributed by atoms with Gasteiger partial charge in [-0.15, -0.1) is 11.3 Å². The van der Waals surface area contributed by atoms with Crippen molar-refractivity contribution >= 4 is 75.1 Å². The van der Waals surface area contributed by atoms with Crippen LogP contribution in [0.25, 0.3) is 109 Å². The van der Waals surface area contributed by atoms with Gasteiger partial charge in [0.05, 0.1) is 22.1 Å². The van der Waals surface area contributed by atoms with Crippen molar-refractivity contribution in [2.45, 2.75) is 0 Å². The van der Waals surface area contributed by atoms with Crippen molar-refractivity contribution in [2.24, 2.45) is 0 Å². The topological polar surface area (TPSA) is 48.5 Å². The Morgan fingerprint density at radius 1 is 0.333 bits per heavy atom. The fourth-order valence-electron chi connectivity index (χ4n) is 8.61. The van der Waals surface area contributed by atoms with E-state index in [2.05, 4.69) is 137 Å². The molecule has 4 heterocycles. The Labute approximate surface area is 331 Å². The Morgan fingerprint density at radius 3 is 1.47 bits per heavy atom. The van der Waals surface area contributed by atoms with E-state index in [0.29, 0.717) is 17.5 Å². The molecule has 5 nitrogen and oxygen atoms in total. The predicted molar refractivity (Wildman–Crippen MR) is 238 cm³/mol. The van der Waals surface area contributed by atoms with E-state index in [4.69, 9.17) is 15.0 Å². The highest BCUT2D eigenvalue weighted by atomic mass is 32.1. The van der Waals surface area contributed by atoms with E-state index in [1.54, 1.807) is 0 Å². The molecule has 0 fully saturated rings. The molecule has 0 aliphatic carbocycles. The maximum absolute atomic E-state index is 5.01. The van der Waals surface area contributed by atoms with Crippen LogP contribution in [0.2, 0.25) is 0 Å². The predicted octanol–water partition coefficient (Wildman–Crippen LogP) is 13.4. The molecule has 8 aromatic carbocycles. The van der Waals surface area contributed by atoms with Gasteiger partial charge < -0.3 is 9.13 Å². The second-order valence-electron chi connectivity index (χ2n) is 14.4. The number of fused-ring (bicyclic) bond motifs is 10. The second-order valence-corrected chi connectivity index (χ2v) is 15.5. The molecule has 0 N–H and O–H groups in total. The van der Waals surface area contributed by atoms with Crippen molar-refractivity contribution in [1.82, 2.24) is 24.1 Å². The summed E-state index contributed by atoms with van der Waals surface area (Å²) in [4.78, 5) is 14.9. The van der Waals surface area contributed by atoms with Crippen LogP contribution in [0.5, 0.6) is 0 Å². The maximum atomic E-state index is 5.01. The summed E-state index contributed by atoms with van der Waals surface area (Å²) in [5.41, 5.74) is 9.82. The van der Waals surface area contributed by atoms with Gasteiger partial charge in [-0.1, -0.05) is 121 Å². The molecule has 0 saturated heterocycles. The molecular formula is C51H31N5S. The molecule has 0 amide bonds. The SMILES string of the molecule is c1ccc(-c2nc(-c3ccccc3)nc(-c3ccc(-n4c5ccc(-n6c7ccccc7c7ccccc76)cc5c5ccc6sc7ccccc7c6c54)cc3)n2)cc1. The molecule has 0 aliphatic heterocycles. The van der Waals surface area contributed by atoms with Gasteiger partial charge in [-0.25, -0.2) is 15.0 Å². The number of benzene rings is 8. The van der Waals surface area contributed by atoms with Crippen molar-refractivity contribution in [3.63, 3.8) is 0 Å². The molecule has 0 spiro atoms. The van der Waals surface area contributed by atoms with E-state index in [-0.39, 0.29) is 0 Å². The van der Waals surface area contributed by atoms with Crippen molar-refractivity contribution < 1.29 is 0 Å². The normalized spacial score (nSPS) is 11.9. The monoisotopic (exact) mass is 745 g/mol. The molecule has 0 saturated carbocycles. The molecule has 12 rings (SSSR count). The lowest BCUT2D eigenvalue weighted by molar-refractivity contribution is 1.07. The highest BCUT2D eigenvalue weighted by Gasteiger charge is 2.21. The second kappa shape index (κ2) is 12.6.